The molecule has 2 aliphatic heterocycles. The van der Waals surface area contributed by atoms with Gasteiger partial charge in [0.25, 0.3) is 0 Å². The van der Waals surface area contributed by atoms with Gasteiger partial charge in [-0.25, -0.2) is 9.98 Å². The minimum atomic E-state index is -0.205. The van der Waals surface area contributed by atoms with Crippen LogP contribution in [0.25, 0.3) is 44.2 Å². The highest BCUT2D eigenvalue weighted by atomic mass is 16.5. The fourth-order valence-electron chi connectivity index (χ4n) is 6.83. The third kappa shape index (κ3) is 4.62. The van der Waals surface area contributed by atoms with Crippen LogP contribution in [0.5, 0.6) is 0 Å². The summed E-state index contributed by atoms with van der Waals surface area (Å²) in [7, 11) is 0. The number of nitrogens with zero attached hydrogens (tertiary/aromatic N) is 4. The molecule has 0 unspecified atom stereocenters. The van der Waals surface area contributed by atoms with Gasteiger partial charge in [0, 0.05) is 28.9 Å². The van der Waals surface area contributed by atoms with Crippen molar-refractivity contribution in [1.29, 1.82) is 0 Å². The van der Waals surface area contributed by atoms with Gasteiger partial charge in [-0.15, -0.1) is 0 Å². The lowest BCUT2D eigenvalue weighted by atomic mass is 9.79. The first kappa shape index (κ1) is 27.7. The number of pyridine rings is 2. The van der Waals surface area contributed by atoms with Gasteiger partial charge in [-0.2, -0.15) is 0 Å². The first-order chi connectivity index (χ1) is 21.5. The molecule has 6 nitrogen and oxygen atoms in total. The van der Waals surface area contributed by atoms with Crippen LogP contribution in [0, 0.1) is 0 Å². The topological polar surface area (TPSA) is 69.0 Å². The summed E-state index contributed by atoms with van der Waals surface area (Å²) in [6, 6.07) is 26.3. The summed E-state index contributed by atoms with van der Waals surface area (Å²) in [6.45, 7) is 14.1. The smallest absolute Gasteiger partial charge is 0.236 e. The van der Waals surface area contributed by atoms with Crippen molar-refractivity contribution in [3.05, 3.63) is 108 Å². The van der Waals surface area contributed by atoms with E-state index in [0.29, 0.717) is 25.0 Å². The quantitative estimate of drug-likeness (QED) is 0.210. The number of aliphatic imine (C=N–C) groups is 2. The van der Waals surface area contributed by atoms with Gasteiger partial charge < -0.3 is 9.47 Å². The van der Waals surface area contributed by atoms with Crippen molar-refractivity contribution in [3.8, 4) is 33.4 Å². The summed E-state index contributed by atoms with van der Waals surface area (Å²) < 4.78 is 11.6. The Morgan fingerprint density at radius 2 is 1.09 bits per heavy atom. The summed E-state index contributed by atoms with van der Waals surface area (Å²) in [5.41, 5.74) is 10.7. The van der Waals surface area contributed by atoms with Crippen LogP contribution in [0.2, 0.25) is 0 Å². The average molecular weight is 593 g/mol. The Labute approximate surface area is 263 Å². The molecule has 0 radical (unpaired) electrons. The maximum atomic E-state index is 5.80. The zero-order chi connectivity index (χ0) is 31.1. The van der Waals surface area contributed by atoms with Crippen LogP contribution in [0.4, 0.5) is 0 Å². The van der Waals surface area contributed by atoms with Crippen molar-refractivity contribution < 1.29 is 9.47 Å². The van der Waals surface area contributed by atoms with E-state index in [2.05, 4.69) is 117 Å². The van der Waals surface area contributed by atoms with E-state index in [1.54, 1.807) is 0 Å². The summed E-state index contributed by atoms with van der Waals surface area (Å²) >= 11 is 0. The number of fused-ring (bicyclic) bond motifs is 5. The number of ether oxygens (including phenoxy) is 2. The Morgan fingerprint density at radius 1 is 0.556 bits per heavy atom. The second-order valence-corrected chi connectivity index (χ2v) is 14.2. The van der Waals surface area contributed by atoms with Crippen molar-refractivity contribution in [2.24, 2.45) is 9.98 Å². The van der Waals surface area contributed by atoms with Crippen LogP contribution >= 0.6 is 0 Å². The van der Waals surface area contributed by atoms with E-state index in [9.17, 15) is 0 Å². The third-order valence-electron chi connectivity index (χ3n) is 9.19. The Hall–Kier alpha value is -4.84. The maximum absolute atomic E-state index is 5.80. The monoisotopic (exact) mass is 592 g/mol. The lowest BCUT2D eigenvalue weighted by Gasteiger charge is -2.24. The fraction of sp³-hybridized carbons (Fsp3) is 0.282. The Morgan fingerprint density at radius 3 is 1.62 bits per heavy atom. The molecular weight excluding hydrogens is 556 g/mol. The van der Waals surface area contributed by atoms with E-state index in [1.165, 1.54) is 33.0 Å². The molecule has 0 spiro atoms. The minimum Gasteiger partial charge on any atom is -0.474 e. The van der Waals surface area contributed by atoms with E-state index in [1.807, 2.05) is 24.5 Å². The second-order valence-electron chi connectivity index (χ2n) is 14.2. The minimum absolute atomic E-state index is 0.161. The first-order valence-electron chi connectivity index (χ1n) is 15.6. The van der Waals surface area contributed by atoms with Gasteiger partial charge in [-0.3, -0.25) is 9.97 Å². The van der Waals surface area contributed by atoms with Gasteiger partial charge >= 0.3 is 0 Å². The van der Waals surface area contributed by atoms with Gasteiger partial charge in [-0.05, 0) is 96.1 Å². The number of hydrogen-bond donors (Lipinski definition) is 0. The highest BCUT2D eigenvalue weighted by molar-refractivity contribution is 6.00. The highest BCUT2D eigenvalue weighted by Gasteiger charge is 2.37. The maximum Gasteiger partial charge on any atom is 0.236 e. The zero-order valence-corrected chi connectivity index (χ0v) is 26.6. The molecule has 6 heteroatoms. The van der Waals surface area contributed by atoms with Crippen molar-refractivity contribution >= 4 is 22.6 Å². The normalized spacial score (nSPS) is 18.5. The van der Waals surface area contributed by atoms with Gasteiger partial charge in [-0.1, -0.05) is 62.4 Å². The molecule has 8 rings (SSSR count). The van der Waals surface area contributed by atoms with Crippen LogP contribution in [-0.4, -0.2) is 46.1 Å². The zero-order valence-electron chi connectivity index (χ0n) is 26.6. The highest BCUT2D eigenvalue weighted by Crippen LogP contribution is 2.52. The molecule has 3 aliphatic rings. The van der Waals surface area contributed by atoms with Gasteiger partial charge in [0.1, 0.15) is 24.6 Å². The summed E-state index contributed by atoms with van der Waals surface area (Å²) in [5, 5.41) is 2.51. The van der Waals surface area contributed by atoms with Crippen molar-refractivity contribution in [3.63, 3.8) is 0 Å². The van der Waals surface area contributed by atoms with Crippen LogP contribution in [0.1, 0.15) is 64.1 Å². The SMILES string of the molecule is CC1(C)COC(c2ccc(-c3ccc4c(c3)C(C)(C)c3c-4ccc4cc(-c5ccc(C6=NC(C)(C)CO6)nc5)ccc34)cn2)=N1. The Bertz CT molecular complexity index is 2070. The summed E-state index contributed by atoms with van der Waals surface area (Å²) in [5.74, 6) is 1.25. The summed E-state index contributed by atoms with van der Waals surface area (Å²) in [6.07, 6.45) is 3.84. The molecule has 4 heterocycles. The molecule has 0 amide bonds. The van der Waals surface area contributed by atoms with E-state index in [4.69, 9.17) is 14.5 Å². The molecule has 0 saturated carbocycles. The third-order valence-corrected chi connectivity index (χ3v) is 9.19. The van der Waals surface area contributed by atoms with Gasteiger partial charge in [0.05, 0.1) is 11.1 Å². The number of benzene rings is 3. The fourth-order valence-corrected chi connectivity index (χ4v) is 6.83. The lowest BCUT2D eigenvalue weighted by Crippen LogP contribution is -2.17. The molecular formula is C39H36N4O2. The van der Waals surface area contributed by atoms with Crippen LogP contribution in [0.3, 0.4) is 0 Å². The van der Waals surface area contributed by atoms with Gasteiger partial charge in [0.2, 0.25) is 11.8 Å². The average Bonchev–Trinajstić information content (AvgIpc) is 3.67. The lowest BCUT2D eigenvalue weighted by molar-refractivity contribution is 0.279. The molecule has 0 saturated heterocycles. The number of rotatable bonds is 4. The molecule has 2 aromatic heterocycles. The van der Waals surface area contributed by atoms with Crippen LogP contribution in [0.15, 0.2) is 95.2 Å². The molecule has 0 atom stereocenters. The van der Waals surface area contributed by atoms with Gasteiger partial charge in [0.15, 0.2) is 0 Å². The first-order valence-corrected chi connectivity index (χ1v) is 15.6. The number of hydrogen-bond acceptors (Lipinski definition) is 6. The predicted molar refractivity (Wildman–Crippen MR) is 181 cm³/mol. The predicted octanol–water partition coefficient (Wildman–Crippen LogP) is 8.38. The van der Waals surface area contributed by atoms with Crippen molar-refractivity contribution in [1.82, 2.24) is 9.97 Å². The van der Waals surface area contributed by atoms with E-state index < -0.39 is 0 Å². The molecule has 0 bridgehead atoms. The second kappa shape index (κ2) is 9.58. The van der Waals surface area contributed by atoms with Crippen molar-refractivity contribution in [2.75, 3.05) is 13.2 Å². The van der Waals surface area contributed by atoms with E-state index >= 15 is 0 Å². The molecule has 224 valence electrons. The number of aromatic nitrogens is 2. The van der Waals surface area contributed by atoms with E-state index in [-0.39, 0.29) is 16.5 Å². The summed E-state index contributed by atoms with van der Waals surface area (Å²) in [4.78, 5) is 18.7. The molecule has 45 heavy (non-hydrogen) atoms. The molecule has 5 aromatic rings. The van der Waals surface area contributed by atoms with E-state index in [0.717, 1.165) is 33.6 Å². The van der Waals surface area contributed by atoms with Crippen LogP contribution < -0.4 is 0 Å². The molecule has 0 N–H and O–H groups in total. The Kier molecular flexibility index (Phi) is 5.89. The standard InChI is InChI=1S/C39H36N4O2/c1-37(2)21-44-35(42-37)32-15-10-26(19-40-32)23-7-12-28-25(17-23)9-14-30-29-13-8-24(18-31(29)39(5,6)34(28)30)27-11-16-33(41-20-27)36-43-38(3,4)22-45-36/h7-20H,21-22H2,1-6H3. The molecule has 0 fully saturated rings. The largest absolute Gasteiger partial charge is 0.474 e. The molecule has 1 aliphatic carbocycles. The Balaban J connectivity index is 1.10. The van der Waals surface area contributed by atoms with Crippen LogP contribution in [-0.2, 0) is 14.9 Å². The van der Waals surface area contributed by atoms with Crippen molar-refractivity contribution in [2.45, 2.75) is 58.0 Å². The molecule has 3 aromatic carbocycles.